The van der Waals surface area contributed by atoms with Gasteiger partial charge in [0, 0.05) is 13.1 Å². The number of halogens is 1. The minimum Gasteiger partial charge on any atom is -0.465 e. The van der Waals surface area contributed by atoms with Gasteiger partial charge in [-0.3, -0.25) is 4.79 Å². The molecule has 1 N–H and O–H groups in total. The SMILES string of the molecule is CCOC(=O)C1(Cc2ccsc2Cl)CNC1. The molecule has 1 saturated heterocycles. The Balaban J connectivity index is 2.11. The summed E-state index contributed by atoms with van der Waals surface area (Å²) >= 11 is 7.55. The molecule has 1 aromatic rings. The maximum absolute atomic E-state index is 11.9. The number of carbonyl (C=O) groups is 1. The van der Waals surface area contributed by atoms with E-state index in [1.807, 2.05) is 18.4 Å². The average molecular weight is 260 g/mol. The molecule has 0 bridgehead atoms. The number of hydrogen-bond acceptors (Lipinski definition) is 4. The lowest BCUT2D eigenvalue weighted by atomic mass is 9.77. The third kappa shape index (κ3) is 2.10. The van der Waals surface area contributed by atoms with Crippen molar-refractivity contribution in [2.45, 2.75) is 13.3 Å². The molecule has 0 saturated carbocycles. The smallest absolute Gasteiger partial charge is 0.315 e. The Morgan fingerprint density at radius 1 is 1.69 bits per heavy atom. The van der Waals surface area contributed by atoms with Gasteiger partial charge in [-0.25, -0.2) is 0 Å². The molecule has 0 amide bonds. The molecule has 2 rings (SSSR count). The minimum atomic E-state index is -0.402. The van der Waals surface area contributed by atoms with Crippen LogP contribution in [0.1, 0.15) is 12.5 Å². The van der Waals surface area contributed by atoms with Gasteiger partial charge in [0.1, 0.15) is 0 Å². The lowest BCUT2D eigenvalue weighted by Gasteiger charge is -2.40. The molecule has 1 aliphatic heterocycles. The second-order valence-corrected chi connectivity index (χ2v) is 5.52. The molecule has 16 heavy (non-hydrogen) atoms. The summed E-state index contributed by atoms with van der Waals surface area (Å²) in [6.45, 7) is 3.61. The molecule has 5 heteroatoms. The van der Waals surface area contributed by atoms with Crippen LogP contribution in [0.25, 0.3) is 0 Å². The molecular formula is C11H14ClNO2S. The van der Waals surface area contributed by atoms with Crippen LogP contribution in [0.15, 0.2) is 11.4 Å². The van der Waals surface area contributed by atoms with Crippen LogP contribution >= 0.6 is 22.9 Å². The number of hydrogen-bond donors (Lipinski definition) is 1. The first-order valence-corrected chi connectivity index (χ1v) is 6.53. The van der Waals surface area contributed by atoms with Gasteiger partial charge in [0.2, 0.25) is 0 Å². The van der Waals surface area contributed by atoms with E-state index in [1.54, 1.807) is 0 Å². The Morgan fingerprint density at radius 2 is 2.44 bits per heavy atom. The molecule has 88 valence electrons. The van der Waals surface area contributed by atoms with Gasteiger partial charge in [-0.1, -0.05) is 11.6 Å². The lowest BCUT2D eigenvalue weighted by molar-refractivity contribution is -0.158. The van der Waals surface area contributed by atoms with E-state index in [4.69, 9.17) is 16.3 Å². The number of esters is 1. The van der Waals surface area contributed by atoms with Gasteiger partial charge >= 0.3 is 5.97 Å². The Labute approximate surface area is 104 Å². The fraction of sp³-hybridized carbons (Fsp3) is 0.545. The number of rotatable bonds is 4. The van der Waals surface area contributed by atoms with Crippen molar-refractivity contribution < 1.29 is 9.53 Å². The van der Waals surface area contributed by atoms with Crippen LogP contribution in [-0.4, -0.2) is 25.7 Å². The standard InChI is InChI=1S/C11H14ClNO2S/c1-2-15-10(14)11(6-13-7-11)5-8-3-4-16-9(8)12/h3-4,13H,2,5-7H2,1H3. The van der Waals surface area contributed by atoms with Crippen molar-refractivity contribution in [2.24, 2.45) is 5.41 Å². The van der Waals surface area contributed by atoms with Crippen molar-refractivity contribution in [3.8, 4) is 0 Å². The summed E-state index contributed by atoms with van der Waals surface area (Å²) in [6, 6.07) is 1.98. The van der Waals surface area contributed by atoms with E-state index in [2.05, 4.69) is 5.32 Å². The number of carbonyl (C=O) groups excluding carboxylic acids is 1. The van der Waals surface area contributed by atoms with E-state index in [-0.39, 0.29) is 5.97 Å². The van der Waals surface area contributed by atoms with Crippen molar-refractivity contribution >= 4 is 28.9 Å². The zero-order valence-corrected chi connectivity index (χ0v) is 10.7. The summed E-state index contributed by atoms with van der Waals surface area (Å²) in [6.07, 6.45) is 0.668. The van der Waals surface area contributed by atoms with Gasteiger partial charge in [-0.15, -0.1) is 11.3 Å². The van der Waals surface area contributed by atoms with Crippen LogP contribution in [0.5, 0.6) is 0 Å². The van der Waals surface area contributed by atoms with Gasteiger partial charge in [0.15, 0.2) is 0 Å². The Hall–Kier alpha value is -0.580. The van der Waals surface area contributed by atoms with Crippen molar-refractivity contribution in [3.05, 3.63) is 21.3 Å². The van der Waals surface area contributed by atoms with Gasteiger partial charge in [-0.05, 0) is 30.4 Å². The maximum atomic E-state index is 11.9. The molecule has 1 aromatic heterocycles. The second kappa shape index (κ2) is 4.73. The molecule has 3 nitrogen and oxygen atoms in total. The molecule has 1 aliphatic rings. The number of ether oxygens (including phenoxy) is 1. The first kappa shape index (κ1) is 11.9. The van der Waals surface area contributed by atoms with E-state index >= 15 is 0 Å². The van der Waals surface area contributed by atoms with Gasteiger partial charge in [0.05, 0.1) is 16.4 Å². The molecule has 0 aliphatic carbocycles. The highest BCUT2D eigenvalue weighted by Gasteiger charge is 2.46. The lowest BCUT2D eigenvalue weighted by Crippen LogP contribution is -2.59. The van der Waals surface area contributed by atoms with Crippen LogP contribution in [0.2, 0.25) is 4.34 Å². The molecule has 1 fully saturated rings. The Morgan fingerprint density at radius 3 is 2.88 bits per heavy atom. The summed E-state index contributed by atoms with van der Waals surface area (Å²) in [5.41, 5.74) is 0.641. The summed E-state index contributed by atoms with van der Waals surface area (Å²) in [4.78, 5) is 11.9. The topological polar surface area (TPSA) is 38.3 Å². The monoisotopic (exact) mass is 259 g/mol. The zero-order chi connectivity index (χ0) is 11.6. The van der Waals surface area contributed by atoms with Crippen molar-refractivity contribution in [2.75, 3.05) is 19.7 Å². The number of nitrogens with one attached hydrogen (secondary N) is 1. The quantitative estimate of drug-likeness (QED) is 0.842. The second-order valence-electron chi connectivity index (χ2n) is 4.00. The van der Waals surface area contributed by atoms with Crippen molar-refractivity contribution in [3.63, 3.8) is 0 Å². The average Bonchev–Trinajstić information content (AvgIpc) is 2.58. The predicted octanol–water partition coefficient (Wildman–Crippen LogP) is 2.10. The number of thiophene rings is 1. The van der Waals surface area contributed by atoms with E-state index in [1.165, 1.54) is 11.3 Å². The normalized spacial score (nSPS) is 17.9. The van der Waals surface area contributed by atoms with Gasteiger partial charge in [-0.2, -0.15) is 0 Å². The van der Waals surface area contributed by atoms with E-state index < -0.39 is 5.41 Å². The third-order valence-electron chi connectivity index (χ3n) is 2.86. The van der Waals surface area contributed by atoms with Crippen molar-refractivity contribution in [1.82, 2.24) is 5.32 Å². The summed E-state index contributed by atoms with van der Waals surface area (Å²) in [5.74, 6) is -0.115. The summed E-state index contributed by atoms with van der Waals surface area (Å²) in [5, 5.41) is 5.08. The Kier molecular flexibility index (Phi) is 3.52. The zero-order valence-electron chi connectivity index (χ0n) is 9.09. The van der Waals surface area contributed by atoms with E-state index in [0.717, 1.165) is 9.90 Å². The highest BCUT2D eigenvalue weighted by Crippen LogP contribution is 2.34. The summed E-state index contributed by atoms with van der Waals surface area (Å²) in [7, 11) is 0. The fourth-order valence-electron chi connectivity index (χ4n) is 1.86. The van der Waals surface area contributed by atoms with Crippen molar-refractivity contribution in [1.29, 1.82) is 0 Å². The highest BCUT2D eigenvalue weighted by molar-refractivity contribution is 7.14. The maximum Gasteiger partial charge on any atom is 0.315 e. The Bertz CT molecular complexity index is 387. The first-order chi connectivity index (χ1) is 7.68. The fourth-order valence-corrected chi connectivity index (χ4v) is 2.79. The largest absolute Gasteiger partial charge is 0.465 e. The highest BCUT2D eigenvalue weighted by atomic mass is 35.5. The predicted molar refractivity (Wildman–Crippen MR) is 65.0 cm³/mol. The molecule has 0 unspecified atom stereocenters. The van der Waals surface area contributed by atoms with Crippen LogP contribution in [0, 0.1) is 5.41 Å². The van der Waals surface area contributed by atoms with Crippen LogP contribution < -0.4 is 5.32 Å². The van der Waals surface area contributed by atoms with Crippen LogP contribution in [-0.2, 0) is 16.0 Å². The van der Waals surface area contributed by atoms with Gasteiger partial charge < -0.3 is 10.1 Å². The summed E-state index contributed by atoms with van der Waals surface area (Å²) < 4.78 is 5.89. The van der Waals surface area contributed by atoms with Crippen LogP contribution in [0.3, 0.4) is 0 Å². The minimum absolute atomic E-state index is 0.115. The van der Waals surface area contributed by atoms with Crippen LogP contribution in [0.4, 0.5) is 0 Å². The molecule has 0 atom stereocenters. The molecule has 2 heterocycles. The molecule has 0 spiro atoms. The first-order valence-electron chi connectivity index (χ1n) is 5.28. The van der Waals surface area contributed by atoms with E-state index in [0.29, 0.717) is 26.1 Å². The van der Waals surface area contributed by atoms with E-state index in [9.17, 15) is 4.79 Å². The third-order valence-corrected chi connectivity index (χ3v) is 4.11. The van der Waals surface area contributed by atoms with Gasteiger partial charge in [0.25, 0.3) is 0 Å². The molecule has 0 aromatic carbocycles. The molecular weight excluding hydrogens is 246 g/mol. The molecule has 0 radical (unpaired) electrons.